The van der Waals surface area contributed by atoms with Crippen molar-refractivity contribution in [3.05, 3.63) is 53.1 Å². The molecular formula is C22H28ClN3O4S. The average Bonchev–Trinajstić information content (AvgIpc) is 3.33. The van der Waals surface area contributed by atoms with Crippen molar-refractivity contribution in [3.63, 3.8) is 0 Å². The third kappa shape index (κ3) is 6.19. The van der Waals surface area contributed by atoms with Crippen molar-refractivity contribution in [2.24, 2.45) is 0 Å². The predicted octanol–water partition coefficient (Wildman–Crippen LogP) is 4.52. The van der Waals surface area contributed by atoms with Crippen molar-refractivity contribution in [1.82, 2.24) is 13.9 Å². The second-order valence-corrected chi connectivity index (χ2v) is 9.14. The maximum atomic E-state index is 9.35. The van der Waals surface area contributed by atoms with Crippen LogP contribution in [0, 0.1) is 6.92 Å². The lowest BCUT2D eigenvalue weighted by molar-refractivity contribution is -0.155. The summed E-state index contributed by atoms with van der Waals surface area (Å²) < 4.78 is 12.5. The molecule has 2 unspecified atom stereocenters. The molecule has 0 amide bonds. The molecule has 0 bridgehead atoms. The van der Waals surface area contributed by atoms with Gasteiger partial charge in [-0.15, -0.1) is 0 Å². The van der Waals surface area contributed by atoms with Crippen LogP contribution in [-0.2, 0) is 9.47 Å². The number of rotatable bonds is 5. The van der Waals surface area contributed by atoms with Gasteiger partial charge in [0.2, 0.25) is 0 Å². The summed E-state index contributed by atoms with van der Waals surface area (Å²) in [5, 5.41) is 18.4. The number of fused-ring (bicyclic) bond motifs is 1. The van der Waals surface area contributed by atoms with Crippen LogP contribution in [0.25, 0.3) is 11.0 Å². The van der Waals surface area contributed by atoms with Crippen LogP contribution < -0.4 is 0 Å². The Morgan fingerprint density at radius 1 is 1.26 bits per heavy atom. The van der Waals surface area contributed by atoms with Crippen molar-refractivity contribution in [2.75, 3.05) is 13.7 Å². The first kappa shape index (κ1) is 24.0. The van der Waals surface area contributed by atoms with E-state index in [2.05, 4.69) is 14.7 Å². The summed E-state index contributed by atoms with van der Waals surface area (Å²) in [6.45, 7) is 5.03. The van der Waals surface area contributed by atoms with Gasteiger partial charge in [0.1, 0.15) is 16.9 Å². The number of aliphatic hydroxyl groups is 2. The Morgan fingerprint density at radius 2 is 1.94 bits per heavy atom. The van der Waals surface area contributed by atoms with Crippen LogP contribution in [0.3, 0.4) is 0 Å². The van der Waals surface area contributed by atoms with E-state index in [4.69, 9.17) is 21.4 Å². The maximum Gasteiger partial charge on any atom is 0.159 e. The van der Waals surface area contributed by atoms with E-state index in [9.17, 15) is 5.11 Å². The van der Waals surface area contributed by atoms with E-state index in [1.807, 2.05) is 47.4 Å². The van der Waals surface area contributed by atoms with Gasteiger partial charge in [-0.3, -0.25) is 3.97 Å². The Balaban J connectivity index is 0.000000401. The normalized spacial score (nSPS) is 18.8. The van der Waals surface area contributed by atoms with Crippen LogP contribution in [0.15, 0.2) is 41.4 Å². The third-order valence-corrected chi connectivity index (χ3v) is 6.04. The highest BCUT2D eigenvalue weighted by Crippen LogP contribution is 2.40. The first-order valence-corrected chi connectivity index (χ1v) is 11.2. The Hall–Kier alpha value is -1.68. The summed E-state index contributed by atoms with van der Waals surface area (Å²) in [6.07, 6.45) is 3.55. The zero-order chi connectivity index (χ0) is 22.6. The number of methoxy groups -OCH3 is 1. The summed E-state index contributed by atoms with van der Waals surface area (Å²) in [4.78, 5) is 10.0. The van der Waals surface area contributed by atoms with E-state index in [0.717, 1.165) is 34.3 Å². The fourth-order valence-corrected chi connectivity index (χ4v) is 4.44. The SMILES string of the molecule is COC(C)(C)O.Cc1nc(Cl)c2c(n1)c(C1CCC(CO)O1)cn2Sc1ccccc1. The molecule has 1 aromatic carbocycles. The first-order valence-electron chi connectivity index (χ1n) is 10.0. The molecule has 1 aliphatic rings. The quantitative estimate of drug-likeness (QED) is 0.422. The molecule has 0 saturated carbocycles. The average molecular weight is 466 g/mol. The Morgan fingerprint density at radius 3 is 2.52 bits per heavy atom. The lowest BCUT2D eigenvalue weighted by Crippen LogP contribution is -2.20. The summed E-state index contributed by atoms with van der Waals surface area (Å²) in [7, 11) is 1.46. The van der Waals surface area contributed by atoms with Gasteiger partial charge < -0.3 is 19.7 Å². The van der Waals surface area contributed by atoms with Crippen molar-refractivity contribution < 1.29 is 19.7 Å². The minimum atomic E-state index is -0.958. The molecular weight excluding hydrogens is 438 g/mol. The Kier molecular flexibility index (Phi) is 7.96. The summed E-state index contributed by atoms with van der Waals surface area (Å²) in [5.41, 5.74) is 2.62. The van der Waals surface area contributed by atoms with Crippen molar-refractivity contribution in [2.45, 2.75) is 56.5 Å². The van der Waals surface area contributed by atoms with Crippen LogP contribution in [0.4, 0.5) is 0 Å². The molecule has 31 heavy (non-hydrogen) atoms. The molecule has 2 N–H and O–H groups in total. The Labute approximate surface area is 191 Å². The minimum absolute atomic E-state index is 0.0443. The van der Waals surface area contributed by atoms with Crippen molar-refractivity contribution >= 4 is 34.6 Å². The van der Waals surface area contributed by atoms with Gasteiger partial charge in [-0.05, 0) is 57.7 Å². The molecule has 4 rings (SSSR count). The molecule has 3 aromatic rings. The van der Waals surface area contributed by atoms with Crippen LogP contribution in [0.1, 0.15) is 44.2 Å². The molecule has 3 heterocycles. The number of halogens is 1. The molecule has 2 atom stereocenters. The van der Waals surface area contributed by atoms with Gasteiger partial charge in [0, 0.05) is 23.8 Å². The number of aromatic nitrogens is 3. The van der Waals surface area contributed by atoms with Crippen LogP contribution in [0.5, 0.6) is 0 Å². The summed E-state index contributed by atoms with van der Waals surface area (Å²) in [5.74, 6) is -0.321. The molecule has 2 aromatic heterocycles. The topological polar surface area (TPSA) is 89.6 Å². The van der Waals surface area contributed by atoms with Gasteiger partial charge in [-0.1, -0.05) is 29.8 Å². The van der Waals surface area contributed by atoms with Gasteiger partial charge in [0.15, 0.2) is 10.9 Å². The minimum Gasteiger partial charge on any atom is -0.394 e. The zero-order valence-corrected chi connectivity index (χ0v) is 19.7. The highest BCUT2D eigenvalue weighted by molar-refractivity contribution is 7.98. The van der Waals surface area contributed by atoms with Crippen LogP contribution in [0.2, 0.25) is 5.15 Å². The van der Waals surface area contributed by atoms with Gasteiger partial charge in [0.25, 0.3) is 0 Å². The van der Waals surface area contributed by atoms with Gasteiger partial charge in [-0.2, -0.15) is 0 Å². The fraction of sp³-hybridized carbons (Fsp3) is 0.455. The maximum absolute atomic E-state index is 9.35. The Bertz CT molecular complexity index is 1010. The fourth-order valence-electron chi connectivity index (χ4n) is 3.15. The van der Waals surface area contributed by atoms with Crippen molar-refractivity contribution in [3.8, 4) is 0 Å². The molecule has 1 fully saturated rings. The lowest BCUT2D eigenvalue weighted by atomic mass is 10.1. The number of benzene rings is 1. The molecule has 9 heteroatoms. The molecule has 1 saturated heterocycles. The monoisotopic (exact) mass is 465 g/mol. The number of hydrogen-bond acceptors (Lipinski definition) is 7. The van der Waals surface area contributed by atoms with Gasteiger partial charge >= 0.3 is 0 Å². The van der Waals surface area contributed by atoms with E-state index >= 15 is 0 Å². The molecule has 168 valence electrons. The number of hydrogen-bond donors (Lipinski definition) is 2. The van der Waals surface area contributed by atoms with Crippen LogP contribution >= 0.6 is 23.5 Å². The lowest BCUT2D eigenvalue weighted by Gasteiger charge is -2.12. The second-order valence-electron chi connectivity index (χ2n) is 7.73. The highest BCUT2D eigenvalue weighted by Gasteiger charge is 2.30. The molecule has 0 aliphatic carbocycles. The van der Waals surface area contributed by atoms with Gasteiger partial charge in [0.05, 0.1) is 18.8 Å². The van der Waals surface area contributed by atoms with Crippen molar-refractivity contribution in [1.29, 1.82) is 0 Å². The first-order chi connectivity index (χ1) is 14.7. The number of nitrogens with zero attached hydrogens (tertiary/aromatic N) is 3. The predicted molar refractivity (Wildman–Crippen MR) is 122 cm³/mol. The van der Waals surface area contributed by atoms with E-state index in [-0.39, 0.29) is 18.8 Å². The van der Waals surface area contributed by atoms with E-state index in [1.54, 1.807) is 25.8 Å². The van der Waals surface area contributed by atoms with E-state index in [0.29, 0.717) is 11.0 Å². The number of aryl methyl sites for hydroxylation is 1. The van der Waals surface area contributed by atoms with Gasteiger partial charge in [-0.25, -0.2) is 9.97 Å². The number of aliphatic hydroxyl groups excluding tert-OH is 1. The van der Waals surface area contributed by atoms with Crippen LogP contribution in [-0.4, -0.2) is 49.8 Å². The zero-order valence-electron chi connectivity index (χ0n) is 18.1. The van der Waals surface area contributed by atoms with E-state index < -0.39 is 5.79 Å². The van der Waals surface area contributed by atoms with E-state index in [1.165, 1.54) is 7.11 Å². The summed E-state index contributed by atoms with van der Waals surface area (Å²) >= 11 is 8.01. The number of ether oxygens (including phenoxy) is 2. The standard InChI is InChI=1S/C18H18ClN3O2S.C4H10O2/c1-11-20-16-14(15-8-7-12(10-23)24-15)9-22(17(16)18(19)21-11)25-13-5-3-2-4-6-13;1-4(2,5)6-3/h2-6,9,12,15,23H,7-8,10H2,1H3;5H,1-3H3. The second kappa shape index (κ2) is 10.3. The molecule has 0 radical (unpaired) electrons. The molecule has 1 aliphatic heterocycles. The summed E-state index contributed by atoms with van der Waals surface area (Å²) in [6, 6.07) is 10.1. The highest BCUT2D eigenvalue weighted by atomic mass is 35.5. The molecule has 0 spiro atoms. The smallest absolute Gasteiger partial charge is 0.159 e. The largest absolute Gasteiger partial charge is 0.394 e. The molecule has 7 nitrogen and oxygen atoms in total. The third-order valence-electron chi connectivity index (χ3n) is 4.81.